The van der Waals surface area contributed by atoms with Crippen LogP contribution in [-0.2, 0) is 0 Å². The van der Waals surface area contributed by atoms with Gasteiger partial charge in [-0.1, -0.05) is 18.2 Å². The minimum atomic E-state index is -4.21. The van der Waals surface area contributed by atoms with Crippen molar-refractivity contribution in [1.29, 1.82) is 0 Å². The van der Waals surface area contributed by atoms with Gasteiger partial charge >= 0.3 is 6.18 Å². The Morgan fingerprint density at radius 2 is 2.07 bits per heavy atom. The molecular weight excluding hydrogens is 191 g/mol. The Morgan fingerprint density at radius 3 is 2.79 bits per heavy atom. The second kappa shape index (κ2) is 3.42. The number of alkyl halides is 3. The largest absolute Gasteiger partial charge is 0.416 e. The van der Waals surface area contributed by atoms with Crippen LogP contribution >= 0.6 is 0 Å². The summed E-state index contributed by atoms with van der Waals surface area (Å²) in [5.74, 6) is 0.226. The number of hydrogen-bond donors (Lipinski definition) is 0. The molecule has 0 N–H and O–H groups in total. The number of rotatable bonds is 0. The molecule has 2 rings (SSSR count). The van der Waals surface area contributed by atoms with Gasteiger partial charge in [-0.15, -0.1) is 0 Å². The van der Waals surface area contributed by atoms with Gasteiger partial charge < -0.3 is 0 Å². The molecule has 0 bridgehead atoms. The molecule has 1 saturated heterocycles. The van der Waals surface area contributed by atoms with Gasteiger partial charge in [0.1, 0.15) is 0 Å². The van der Waals surface area contributed by atoms with Gasteiger partial charge in [-0.3, -0.25) is 0 Å². The number of hydrogen-bond acceptors (Lipinski definition) is 0. The predicted octanol–water partition coefficient (Wildman–Crippen LogP) is 2.29. The lowest BCUT2D eigenvalue weighted by molar-refractivity contribution is -0.0891. The van der Waals surface area contributed by atoms with Crippen LogP contribution in [0.15, 0.2) is 23.8 Å². The van der Waals surface area contributed by atoms with Gasteiger partial charge in [-0.05, 0) is 18.3 Å². The number of piperidine rings is 1. The zero-order valence-electron chi connectivity index (χ0n) is 7.59. The van der Waals surface area contributed by atoms with Crippen molar-refractivity contribution in [3.05, 3.63) is 23.8 Å². The first-order valence-electron chi connectivity index (χ1n) is 4.68. The van der Waals surface area contributed by atoms with Gasteiger partial charge in [-0.25, -0.2) is 5.32 Å². The highest BCUT2D eigenvalue weighted by Gasteiger charge is 2.36. The van der Waals surface area contributed by atoms with Gasteiger partial charge in [0.2, 0.25) is 0 Å². The third-order valence-corrected chi connectivity index (χ3v) is 2.75. The quantitative estimate of drug-likeness (QED) is 0.572. The van der Waals surface area contributed by atoms with E-state index in [-0.39, 0.29) is 11.8 Å². The number of nitrogens with zero attached hydrogens (tertiary/aromatic N) is 1. The van der Waals surface area contributed by atoms with Crippen LogP contribution < -0.4 is 5.32 Å². The second-order valence-corrected chi connectivity index (χ2v) is 3.73. The molecule has 0 amide bonds. The summed E-state index contributed by atoms with van der Waals surface area (Å²) < 4.78 is 37.0. The average Bonchev–Trinajstić information content (AvgIpc) is 2.16. The molecule has 1 nitrogen and oxygen atoms in total. The van der Waals surface area contributed by atoms with Crippen molar-refractivity contribution in [3.8, 4) is 0 Å². The second-order valence-electron chi connectivity index (χ2n) is 3.73. The molecule has 0 aromatic heterocycles. The van der Waals surface area contributed by atoms with Gasteiger partial charge in [0.05, 0.1) is 5.57 Å². The molecule has 1 heterocycles. The molecule has 0 spiro atoms. The zero-order valence-corrected chi connectivity index (χ0v) is 7.59. The summed E-state index contributed by atoms with van der Waals surface area (Å²) in [6, 6.07) is 0. The Labute approximate surface area is 80.7 Å². The lowest BCUT2D eigenvalue weighted by Gasteiger charge is -2.30. The van der Waals surface area contributed by atoms with E-state index in [2.05, 4.69) is 5.32 Å². The Kier molecular flexibility index (Phi) is 2.39. The number of halogens is 3. The first-order chi connectivity index (χ1) is 6.57. The van der Waals surface area contributed by atoms with E-state index in [0.717, 1.165) is 13.0 Å². The third-order valence-electron chi connectivity index (χ3n) is 2.75. The molecule has 14 heavy (non-hydrogen) atoms. The summed E-state index contributed by atoms with van der Waals surface area (Å²) in [5, 5.41) is 4.13. The molecule has 0 saturated carbocycles. The predicted molar refractivity (Wildman–Crippen MR) is 46.7 cm³/mol. The highest BCUT2D eigenvalue weighted by Crippen LogP contribution is 2.35. The van der Waals surface area contributed by atoms with Crippen molar-refractivity contribution < 1.29 is 13.2 Å². The van der Waals surface area contributed by atoms with E-state index in [0.29, 0.717) is 6.54 Å². The first kappa shape index (κ1) is 9.77. The zero-order chi connectivity index (χ0) is 10.2. The fourth-order valence-electron chi connectivity index (χ4n) is 1.95. The van der Waals surface area contributed by atoms with E-state index >= 15 is 0 Å². The molecule has 1 aliphatic heterocycles. The smallest absolute Gasteiger partial charge is 0.241 e. The van der Waals surface area contributed by atoms with Crippen LogP contribution in [-0.4, -0.2) is 19.3 Å². The average molecular weight is 202 g/mol. The van der Waals surface area contributed by atoms with Gasteiger partial charge in [0, 0.05) is 13.1 Å². The van der Waals surface area contributed by atoms with Crippen molar-refractivity contribution in [2.75, 3.05) is 13.1 Å². The molecule has 2 aliphatic rings. The van der Waals surface area contributed by atoms with Crippen LogP contribution in [0.25, 0.3) is 0 Å². The molecular formula is C10H11F3N. The van der Waals surface area contributed by atoms with Crippen LogP contribution in [0.2, 0.25) is 0 Å². The summed E-state index contributed by atoms with van der Waals surface area (Å²) in [7, 11) is 0. The van der Waals surface area contributed by atoms with Crippen LogP contribution in [0.1, 0.15) is 6.42 Å². The normalized spacial score (nSPS) is 32.4. The van der Waals surface area contributed by atoms with Crippen molar-refractivity contribution in [3.63, 3.8) is 0 Å². The van der Waals surface area contributed by atoms with Crippen LogP contribution in [0.4, 0.5) is 13.2 Å². The van der Waals surface area contributed by atoms with Crippen molar-refractivity contribution in [2.24, 2.45) is 11.8 Å². The highest BCUT2D eigenvalue weighted by molar-refractivity contribution is 5.30. The van der Waals surface area contributed by atoms with E-state index in [4.69, 9.17) is 0 Å². The highest BCUT2D eigenvalue weighted by atomic mass is 19.4. The summed E-state index contributed by atoms with van der Waals surface area (Å²) in [6.45, 7) is 1.31. The Balaban J connectivity index is 2.16. The molecule has 1 aliphatic carbocycles. The van der Waals surface area contributed by atoms with Gasteiger partial charge in [-0.2, -0.15) is 13.2 Å². The fraction of sp³-hybridized carbons (Fsp3) is 0.600. The van der Waals surface area contributed by atoms with E-state index in [1.54, 1.807) is 6.08 Å². The van der Waals surface area contributed by atoms with Gasteiger partial charge in [0.25, 0.3) is 0 Å². The topological polar surface area (TPSA) is 14.1 Å². The minimum Gasteiger partial charge on any atom is -0.241 e. The molecule has 4 heteroatoms. The molecule has 1 radical (unpaired) electrons. The number of fused-ring (bicyclic) bond motifs is 1. The van der Waals surface area contributed by atoms with Gasteiger partial charge in [0.15, 0.2) is 0 Å². The fourth-order valence-corrected chi connectivity index (χ4v) is 1.95. The molecule has 2 atom stereocenters. The molecule has 2 unspecified atom stereocenters. The maximum Gasteiger partial charge on any atom is 0.416 e. The summed E-state index contributed by atoms with van der Waals surface area (Å²) in [5.41, 5.74) is -0.518. The van der Waals surface area contributed by atoms with Crippen LogP contribution in [0.5, 0.6) is 0 Å². The van der Waals surface area contributed by atoms with Crippen molar-refractivity contribution >= 4 is 0 Å². The molecule has 0 aromatic carbocycles. The van der Waals surface area contributed by atoms with Crippen molar-refractivity contribution in [1.82, 2.24) is 5.32 Å². The van der Waals surface area contributed by atoms with Crippen LogP contribution in [0, 0.1) is 11.8 Å². The van der Waals surface area contributed by atoms with E-state index < -0.39 is 11.7 Å². The lowest BCUT2D eigenvalue weighted by Crippen LogP contribution is -2.32. The van der Waals surface area contributed by atoms with Crippen LogP contribution in [0.3, 0.4) is 0 Å². The minimum absolute atomic E-state index is 0.0367. The summed E-state index contributed by atoms with van der Waals surface area (Å²) >= 11 is 0. The molecule has 1 fully saturated rings. The van der Waals surface area contributed by atoms with E-state index in [1.807, 2.05) is 0 Å². The maximum absolute atomic E-state index is 12.3. The molecule has 0 aromatic rings. The SMILES string of the molecule is FC(F)(F)C1=CC2C[N]CCC2C=C1. The third kappa shape index (κ3) is 1.85. The standard InChI is InChI=1S/C10H11F3N/c11-10(12,13)9-2-1-7-3-4-14-6-8(7)5-9/h1-2,5,7-8H,3-4,6H2. The lowest BCUT2D eigenvalue weighted by atomic mass is 9.81. The first-order valence-corrected chi connectivity index (χ1v) is 4.68. The number of allylic oxidation sites excluding steroid dienone is 3. The van der Waals surface area contributed by atoms with E-state index in [1.165, 1.54) is 12.2 Å². The Bertz CT molecular complexity index is 278. The summed E-state index contributed by atoms with van der Waals surface area (Å²) in [6.07, 6.45) is 0.879. The summed E-state index contributed by atoms with van der Waals surface area (Å²) in [4.78, 5) is 0. The van der Waals surface area contributed by atoms with Crippen molar-refractivity contribution in [2.45, 2.75) is 12.6 Å². The molecule has 77 valence electrons. The Hall–Kier alpha value is -0.770. The van der Waals surface area contributed by atoms with E-state index in [9.17, 15) is 13.2 Å². The monoisotopic (exact) mass is 202 g/mol. The Morgan fingerprint density at radius 1 is 1.29 bits per heavy atom. The maximum atomic E-state index is 12.3.